The smallest absolute Gasteiger partial charge is 0.223 e. The highest BCUT2D eigenvalue weighted by molar-refractivity contribution is 7.19. The molecule has 1 aromatic heterocycles. The predicted octanol–water partition coefficient (Wildman–Crippen LogP) is 2.44. The SMILES string of the molecule is C[C@H]1C[C@@H](C(=O)NCC(O)c2cc3ccccc3s2)CCN1. The van der Waals surface area contributed by atoms with E-state index in [1.165, 1.54) is 0 Å². The Morgan fingerprint density at radius 1 is 1.50 bits per heavy atom. The van der Waals surface area contributed by atoms with Crippen LogP contribution in [-0.2, 0) is 4.79 Å². The van der Waals surface area contributed by atoms with Crippen LogP contribution in [0.3, 0.4) is 0 Å². The Labute approximate surface area is 134 Å². The topological polar surface area (TPSA) is 61.4 Å². The number of aliphatic hydroxyl groups is 1. The summed E-state index contributed by atoms with van der Waals surface area (Å²) in [6.07, 6.45) is 1.10. The predicted molar refractivity (Wildman–Crippen MR) is 90.0 cm³/mol. The number of hydrogen-bond acceptors (Lipinski definition) is 4. The molecular weight excluding hydrogens is 296 g/mol. The quantitative estimate of drug-likeness (QED) is 0.811. The van der Waals surface area contributed by atoms with Crippen LogP contribution in [0.5, 0.6) is 0 Å². The van der Waals surface area contributed by atoms with Crippen molar-refractivity contribution in [3.05, 3.63) is 35.2 Å². The van der Waals surface area contributed by atoms with Gasteiger partial charge < -0.3 is 15.7 Å². The molecule has 1 fully saturated rings. The molecule has 2 heterocycles. The number of amides is 1. The molecule has 2 aromatic rings. The fourth-order valence-corrected chi connectivity index (χ4v) is 4.03. The lowest BCUT2D eigenvalue weighted by Crippen LogP contribution is -2.43. The van der Waals surface area contributed by atoms with Crippen LogP contribution < -0.4 is 10.6 Å². The minimum Gasteiger partial charge on any atom is -0.386 e. The summed E-state index contributed by atoms with van der Waals surface area (Å²) in [7, 11) is 0. The highest BCUT2D eigenvalue weighted by Gasteiger charge is 2.25. The largest absolute Gasteiger partial charge is 0.386 e. The van der Waals surface area contributed by atoms with Crippen LogP contribution in [0.15, 0.2) is 30.3 Å². The number of aliphatic hydroxyl groups excluding tert-OH is 1. The van der Waals surface area contributed by atoms with Gasteiger partial charge in [-0.3, -0.25) is 4.79 Å². The molecule has 0 bridgehead atoms. The fourth-order valence-electron chi connectivity index (χ4n) is 2.98. The lowest BCUT2D eigenvalue weighted by molar-refractivity contribution is -0.126. The molecule has 1 aromatic carbocycles. The van der Waals surface area contributed by atoms with Crippen molar-refractivity contribution >= 4 is 27.3 Å². The van der Waals surface area contributed by atoms with E-state index < -0.39 is 6.10 Å². The van der Waals surface area contributed by atoms with Crippen LogP contribution in [0.1, 0.15) is 30.7 Å². The molecular formula is C17H22N2O2S. The second kappa shape index (κ2) is 6.77. The van der Waals surface area contributed by atoms with E-state index in [-0.39, 0.29) is 18.4 Å². The maximum atomic E-state index is 12.2. The number of carbonyl (C=O) groups excluding carboxylic acids is 1. The van der Waals surface area contributed by atoms with E-state index in [0.717, 1.165) is 34.3 Å². The van der Waals surface area contributed by atoms with E-state index in [4.69, 9.17) is 0 Å². The van der Waals surface area contributed by atoms with Crippen molar-refractivity contribution in [2.75, 3.05) is 13.1 Å². The summed E-state index contributed by atoms with van der Waals surface area (Å²) in [5.74, 6) is 0.124. The average Bonchev–Trinajstić information content (AvgIpc) is 2.96. The van der Waals surface area contributed by atoms with Crippen LogP contribution >= 0.6 is 11.3 Å². The molecule has 1 unspecified atom stereocenters. The van der Waals surface area contributed by atoms with Crippen molar-refractivity contribution in [2.45, 2.75) is 31.9 Å². The molecule has 0 aliphatic carbocycles. The number of thiophene rings is 1. The second-order valence-electron chi connectivity index (χ2n) is 6.02. The Morgan fingerprint density at radius 2 is 2.32 bits per heavy atom. The van der Waals surface area contributed by atoms with Gasteiger partial charge in [0.2, 0.25) is 5.91 Å². The number of fused-ring (bicyclic) bond motifs is 1. The van der Waals surface area contributed by atoms with Gasteiger partial charge in [-0.05, 0) is 43.8 Å². The zero-order valence-corrected chi connectivity index (χ0v) is 13.5. The van der Waals surface area contributed by atoms with E-state index in [1.54, 1.807) is 11.3 Å². The van der Waals surface area contributed by atoms with Crippen LogP contribution in [-0.4, -0.2) is 30.1 Å². The number of nitrogens with one attached hydrogen (secondary N) is 2. The maximum Gasteiger partial charge on any atom is 0.223 e. The number of rotatable bonds is 4. The Kier molecular flexibility index (Phi) is 4.76. The minimum absolute atomic E-state index is 0.0610. The summed E-state index contributed by atoms with van der Waals surface area (Å²) in [6.45, 7) is 3.27. The number of benzene rings is 1. The van der Waals surface area contributed by atoms with Crippen LogP contribution in [0.4, 0.5) is 0 Å². The molecule has 0 spiro atoms. The van der Waals surface area contributed by atoms with E-state index in [0.29, 0.717) is 6.04 Å². The van der Waals surface area contributed by atoms with E-state index in [1.807, 2.05) is 30.3 Å². The molecule has 0 saturated carbocycles. The first kappa shape index (κ1) is 15.5. The average molecular weight is 318 g/mol. The third kappa shape index (κ3) is 3.48. The number of piperidine rings is 1. The van der Waals surface area contributed by atoms with Crippen molar-refractivity contribution in [1.29, 1.82) is 0 Å². The van der Waals surface area contributed by atoms with Gasteiger partial charge in [-0.2, -0.15) is 0 Å². The van der Waals surface area contributed by atoms with Crippen molar-refractivity contribution in [3.8, 4) is 0 Å². The van der Waals surface area contributed by atoms with Gasteiger partial charge in [-0.25, -0.2) is 0 Å². The van der Waals surface area contributed by atoms with Gasteiger partial charge in [0.15, 0.2) is 0 Å². The zero-order valence-electron chi connectivity index (χ0n) is 12.7. The van der Waals surface area contributed by atoms with E-state index in [9.17, 15) is 9.90 Å². The van der Waals surface area contributed by atoms with Gasteiger partial charge in [0.05, 0.1) is 0 Å². The fraction of sp³-hybridized carbons (Fsp3) is 0.471. The van der Waals surface area contributed by atoms with Gasteiger partial charge in [-0.15, -0.1) is 11.3 Å². The lowest BCUT2D eigenvalue weighted by Gasteiger charge is -2.27. The summed E-state index contributed by atoms with van der Waals surface area (Å²) in [5, 5.41) is 17.7. The van der Waals surface area contributed by atoms with Gasteiger partial charge in [-0.1, -0.05) is 18.2 Å². The van der Waals surface area contributed by atoms with Crippen LogP contribution in [0, 0.1) is 5.92 Å². The first-order valence-corrected chi connectivity index (χ1v) is 8.63. The monoisotopic (exact) mass is 318 g/mol. The molecule has 1 aliphatic rings. The first-order valence-electron chi connectivity index (χ1n) is 7.81. The van der Waals surface area contributed by atoms with Crippen molar-refractivity contribution in [3.63, 3.8) is 0 Å². The molecule has 3 atom stereocenters. The second-order valence-corrected chi connectivity index (χ2v) is 7.14. The summed E-state index contributed by atoms with van der Waals surface area (Å²) < 4.78 is 1.16. The molecule has 22 heavy (non-hydrogen) atoms. The summed E-state index contributed by atoms with van der Waals surface area (Å²) in [4.78, 5) is 13.1. The Hall–Kier alpha value is -1.43. The third-order valence-corrected chi connectivity index (χ3v) is 5.45. The third-order valence-electron chi connectivity index (χ3n) is 4.24. The molecule has 3 N–H and O–H groups in total. The van der Waals surface area contributed by atoms with Crippen molar-refractivity contribution in [2.24, 2.45) is 5.92 Å². The van der Waals surface area contributed by atoms with E-state index >= 15 is 0 Å². The molecule has 118 valence electrons. The summed E-state index contributed by atoms with van der Waals surface area (Å²) >= 11 is 1.58. The molecule has 3 rings (SSSR count). The highest BCUT2D eigenvalue weighted by Crippen LogP contribution is 2.29. The van der Waals surface area contributed by atoms with E-state index in [2.05, 4.69) is 17.6 Å². The Bertz CT molecular complexity index is 622. The molecule has 1 amide bonds. The Balaban J connectivity index is 1.57. The van der Waals surface area contributed by atoms with Crippen molar-refractivity contribution < 1.29 is 9.90 Å². The van der Waals surface area contributed by atoms with Gasteiger partial charge in [0.25, 0.3) is 0 Å². The number of hydrogen-bond donors (Lipinski definition) is 3. The minimum atomic E-state index is -0.638. The normalized spacial score (nSPS) is 23.4. The standard InChI is InChI=1S/C17H22N2O2S/c1-11-8-13(6-7-18-11)17(21)19-10-14(20)16-9-12-4-2-3-5-15(12)22-16/h2-5,9,11,13-14,18,20H,6-8,10H2,1H3,(H,19,21)/t11-,13-,14?/m0/s1. The first-order chi connectivity index (χ1) is 10.6. The summed E-state index contributed by atoms with van der Waals surface area (Å²) in [6, 6.07) is 10.5. The van der Waals surface area contributed by atoms with Gasteiger partial charge in [0.1, 0.15) is 6.10 Å². The molecule has 1 aliphatic heterocycles. The van der Waals surface area contributed by atoms with Crippen molar-refractivity contribution in [1.82, 2.24) is 10.6 Å². The Morgan fingerprint density at radius 3 is 3.09 bits per heavy atom. The zero-order chi connectivity index (χ0) is 15.5. The van der Waals surface area contributed by atoms with Gasteiger partial charge in [0, 0.05) is 28.1 Å². The molecule has 0 radical (unpaired) electrons. The molecule has 5 heteroatoms. The van der Waals surface area contributed by atoms with Gasteiger partial charge >= 0.3 is 0 Å². The lowest BCUT2D eigenvalue weighted by atomic mass is 9.92. The molecule has 1 saturated heterocycles. The van der Waals surface area contributed by atoms with Crippen LogP contribution in [0.2, 0.25) is 0 Å². The summed E-state index contributed by atoms with van der Waals surface area (Å²) in [5.41, 5.74) is 0. The highest BCUT2D eigenvalue weighted by atomic mass is 32.1. The number of carbonyl (C=O) groups is 1. The molecule has 4 nitrogen and oxygen atoms in total. The van der Waals surface area contributed by atoms with Crippen LogP contribution in [0.25, 0.3) is 10.1 Å². The maximum absolute atomic E-state index is 12.2.